The van der Waals surface area contributed by atoms with Crippen molar-refractivity contribution in [3.8, 4) is 0 Å². The van der Waals surface area contributed by atoms with Crippen LogP contribution in [0.15, 0.2) is 24.3 Å². The Labute approximate surface area is 168 Å². The van der Waals surface area contributed by atoms with Crippen LogP contribution in [0.2, 0.25) is 5.02 Å². The molecule has 2 aliphatic heterocycles. The van der Waals surface area contributed by atoms with Crippen molar-refractivity contribution in [1.29, 1.82) is 0 Å². The van der Waals surface area contributed by atoms with Gasteiger partial charge in [0.2, 0.25) is 0 Å². The lowest BCUT2D eigenvalue weighted by Gasteiger charge is -2.38. The first-order valence-electron chi connectivity index (χ1n) is 10.3. The third-order valence-electron chi connectivity index (χ3n) is 5.75. The van der Waals surface area contributed by atoms with E-state index in [0.29, 0.717) is 6.04 Å². The summed E-state index contributed by atoms with van der Waals surface area (Å²) in [6.07, 6.45) is 5.45. The minimum atomic E-state index is 0.370. The van der Waals surface area contributed by atoms with Crippen LogP contribution in [0.4, 0.5) is 0 Å². The van der Waals surface area contributed by atoms with E-state index in [2.05, 4.69) is 40.2 Å². The van der Waals surface area contributed by atoms with Gasteiger partial charge in [-0.15, -0.1) is 0 Å². The van der Waals surface area contributed by atoms with E-state index in [1.54, 1.807) is 0 Å². The number of rotatable bonds is 9. The van der Waals surface area contributed by atoms with Crippen LogP contribution >= 0.6 is 23.4 Å². The Morgan fingerprint density at radius 2 is 1.96 bits per heavy atom. The van der Waals surface area contributed by atoms with Gasteiger partial charge in [-0.3, -0.25) is 0 Å². The summed E-state index contributed by atoms with van der Waals surface area (Å²) in [5.41, 5.74) is 1.32. The average molecular weight is 396 g/mol. The first kappa shape index (κ1) is 20.5. The van der Waals surface area contributed by atoms with E-state index < -0.39 is 0 Å². The normalized spacial score (nSPS) is 21.3. The van der Waals surface area contributed by atoms with E-state index in [-0.39, 0.29) is 0 Å². The van der Waals surface area contributed by atoms with Crippen molar-refractivity contribution in [3.05, 3.63) is 34.9 Å². The number of benzene rings is 1. The molecule has 2 aliphatic rings. The predicted octanol–water partition coefficient (Wildman–Crippen LogP) is 4.28. The summed E-state index contributed by atoms with van der Waals surface area (Å²) >= 11 is 8.26. The van der Waals surface area contributed by atoms with Crippen molar-refractivity contribution in [2.75, 3.05) is 50.8 Å². The van der Waals surface area contributed by atoms with Gasteiger partial charge in [-0.25, -0.2) is 0 Å². The zero-order valence-electron chi connectivity index (χ0n) is 16.1. The van der Waals surface area contributed by atoms with Gasteiger partial charge in [0.25, 0.3) is 0 Å². The van der Waals surface area contributed by atoms with Crippen molar-refractivity contribution in [2.24, 2.45) is 0 Å². The third kappa shape index (κ3) is 6.13. The van der Waals surface area contributed by atoms with Gasteiger partial charge in [-0.05, 0) is 75.3 Å². The number of halogens is 1. The van der Waals surface area contributed by atoms with Crippen LogP contribution in [0.25, 0.3) is 0 Å². The van der Waals surface area contributed by atoms with Crippen molar-refractivity contribution in [1.82, 2.24) is 15.1 Å². The van der Waals surface area contributed by atoms with Crippen LogP contribution in [-0.2, 0) is 0 Å². The number of hydrogen-bond donors (Lipinski definition) is 1. The zero-order valence-corrected chi connectivity index (χ0v) is 17.7. The number of piperidine rings is 1. The number of nitrogens with zero attached hydrogens (tertiary/aromatic N) is 2. The summed E-state index contributed by atoms with van der Waals surface area (Å²) in [6, 6.07) is 9.58. The quantitative estimate of drug-likeness (QED) is 0.628. The number of thioether (sulfide) groups is 1. The lowest BCUT2D eigenvalue weighted by atomic mass is 10.0. The Kier molecular flexibility index (Phi) is 8.60. The topological polar surface area (TPSA) is 18.5 Å². The van der Waals surface area contributed by atoms with Gasteiger partial charge in [-0.2, -0.15) is 11.8 Å². The maximum absolute atomic E-state index is 6.26. The van der Waals surface area contributed by atoms with Crippen molar-refractivity contribution < 1.29 is 0 Å². The Balaban J connectivity index is 1.53. The predicted molar refractivity (Wildman–Crippen MR) is 115 cm³/mol. The second-order valence-electron chi connectivity index (χ2n) is 7.53. The monoisotopic (exact) mass is 395 g/mol. The molecule has 2 heterocycles. The molecule has 5 heteroatoms. The molecule has 2 fully saturated rings. The molecule has 3 rings (SSSR count). The Hall–Kier alpha value is -0.260. The molecule has 0 saturated carbocycles. The highest BCUT2D eigenvalue weighted by molar-refractivity contribution is 7.99. The third-order valence-corrected chi connectivity index (χ3v) is 6.88. The van der Waals surface area contributed by atoms with Gasteiger partial charge < -0.3 is 15.1 Å². The molecular formula is C21H34ClN3S. The molecule has 2 saturated heterocycles. The van der Waals surface area contributed by atoms with E-state index in [1.807, 2.05) is 17.8 Å². The molecule has 0 radical (unpaired) electrons. The highest BCUT2D eigenvalue weighted by Crippen LogP contribution is 2.24. The second kappa shape index (κ2) is 10.9. The summed E-state index contributed by atoms with van der Waals surface area (Å²) in [6.45, 7) is 9.47. The van der Waals surface area contributed by atoms with Crippen molar-refractivity contribution in [3.63, 3.8) is 0 Å². The molecule has 26 heavy (non-hydrogen) atoms. The van der Waals surface area contributed by atoms with E-state index in [0.717, 1.165) is 24.2 Å². The second-order valence-corrected chi connectivity index (χ2v) is 9.36. The zero-order chi connectivity index (χ0) is 18.2. The molecule has 146 valence electrons. The van der Waals surface area contributed by atoms with E-state index in [9.17, 15) is 0 Å². The molecular weight excluding hydrogens is 362 g/mol. The summed E-state index contributed by atoms with van der Waals surface area (Å²) in [5.74, 6) is 2.36. The summed E-state index contributed by atoms with van der Waals surface area (Å²) in [7, 11) is 0. The van der Waals surface area contributed by atoms with Gasteiger partial charge in [0.1, 0.15) is 0 Å². The van der Waals surface area contributed by atoms with Crippen LogP contribution in [-0.4, -0.2) is 66.6 Å². The van der Waals surface area contributed by atoms with Crippen molar-refractivity contribution >= 4 is 23.4 Å². The molecule has 0 aromatic heterocycles. The largest absolute Gasteiger partial charge is 0.308 e. The lowest BCUT2D eigenvalue weighted by molar-refractivity contribution is 0.119. The Morgan fingerprint density at radius 3 is 2.65 bits per heavy atom. The van der Waals surface area contributed by atoms with Gasteiger partial charge in [0.15, 0.2) is 0 Å². The Bertz CT molecular complexity index is 528. The van der Waals surface area contributed by atoms with Gasteiger partial charge in [-0.1, -0.05) is 30.7 Å². The van der Waals surface area contributed by atoms with Crippen molar-refractivity contribution in [2.45, 2.75) is 44.7 Å². The SMILES string of the molecule is CCSCCNC(CN1CCC(N2CCCC2)CC1)c1cccc(Cl)c1. The molecule has 1 N–H and O–H groups in total. The number of nitrogens with one attached hydrogen (secondary N) is 1. The molecule has 0 spiro atoms. The molecule has 1 atom stereocenters. The molecule has 1 unspecified atom stereocenters. The average Bonchev–Trinajstić information content (AvgIpc) is 3.19. The molecule has 0 aliphatic carbocycles. The van der Waals surface area contributed by atoms with E-state index in [4.69, 9.17) is 11.6 Å². The lowest BCUT2D eigenvalue weighted by Crippen LogP contribution is -2.46. The molecule has 0 amide bonds. The standard InChI is InChI=1S/C21H34ClN3S/c1-2-26-15-10-23-21(18-6-5-7-19(22)16-18)17-24-13-8-20(9-14-24)25-11-3-4-12-25/h5-7,16,20-21,23H,2-4,8-15,17H2,1H3. The summed E-state index contributed by atoms with van der Waals surface area (Å²) in [5, 5.41) is 4.62. The molecule has 3 nitrogen and oxygen atoms in total. The van der Waals surface area contributed by atoms with Crippen LogP contribution in [0.1, 0.15) is 44.2 Å². The smallest absolute Gasteiger partial charge is 0.0450 e. The van der Waals surface area contributed by atoms with Crippen LogP contribution in [0, 0.1) is 0 Å². The molecule has 0 bridgehead atoms. The fraction of sp³-hybridized carbons (Fsp3) is 0.714. The first-order valence-corrected chi connectivity index (χ1v) is 11.8. The fourth-order valence-corrected chi connectivity index (χ4v) is 5.04. The van der Waals surface area contributed by atoms with Gasteiger partial charge in [0, 0.05) is 35.9 Å². The minimum absolute atomic E-state index is 0.370. The summed E-state index contributed by atoms with van der Waals surface area (Å²) in [4.78, 5) is 5.38. The highest BCUT2D eigenvalue weighted by Gasteiger charge is 2.27. The van der Waals surface area contributed by atoms with Gasteiger partial charge >= 0.3 is 0 Å². The fourth-order valence-electron chi connectivity index (χ4n) is 4.29. The minimum Gasteiger partial charge on any atom is -0.308 e. The molecule has 1 aromatic rings. The van der Waals surface area contributed by atoms with Crippen LogP contribution in [0.3, 0.4) is 0 Å². The highest BCUT2D eigenvalue weighted by atomic mass is 35.5. The van der Waals surface area contributed by atoms with E-state index in [1.165, 1.54) is 68.9 Å². The first-order chi connectivity index (χ1) is 12.8. The van der Waals surface area contributed by atoms with Gasteiger partial charge in [0.05, 0.1) is 0 Å². The maximum Gasteiger partial charge on any atom is 0.0450 e. The Morgan fingerprint density at radius 1 is 1.19 bits per heavy atom. The van der Waals surface area contributed by atoms with E-state index >= 15 is 0 Å². The summed E-state index contributed by atoms with van der Waals surface area (Å²) < 4.78 is 0. The van der Waals surface area contributed by atoms with Crippen LogP contribution in [0.5, 0.6) is 0 Å². The maximum atomic E-state index is 6.26. The number of hydrogen-bond acceptors (Lipinski definition) is 4. The van der Waals surface area contributed by atoms with Crippen LogP contribution < -0.4 is 5.32 Å². The molecule has 1 aromatic carbocycles. The number of likely N-dealkylation sites (tertiary alicyclic amines) is 2.